The predicted molar refractivity (Wildman–Crippen MR) is 113 cm³/mol. The van der Waals surface area contributed by atoms with Crippen LogP contribution >= 0.6 is 0 Å². The van der Waals surface area contributed by atoms with Gasteiger partial charge >= 0.3 is 12.1 Å². The van der Waals surface area contributed by atoms with E-state index in [4.69, 9.17) is 0 Å². The van der Waals surface area contributed by atoms with Crippen molar-refractivity contribution in [2.24, 2.45) is 0 Å². The van der Waals surface area contributed by atoms with Crippen LogP contribution in [0.1, 0.15) is 30.6 Å². The molecule has 0 aliphatic carbocycles. The SMILES string of the molecule is CCC(C(=O)O)n1nc(-c2ccc(S(C)(=O)=O)cc2)c(-c2ccccc2C)c1C(F)(F)F. The van der Waals surface area contributed by atoms with Gasteiger partial charge in [0.2, 0.25) is 0 Å². The molecule has 3 aromatic rings. The van der Waals surface area contributed by atoms with E-state index in [0.717, 1.165) is 6.26 Å². The van der Waals surface area contributed by atoms with Crippen LogP contribution in [0.3, 0.4) is 0 Å². The molecule has 0 saturated carbocycles. The number of alkyl halides is 3. The number of carbonyl (C=O) groups is 1. The van der Waals surface area contributed by atoms with Crippen molar-refractivity contribution in [3.8, 4) is 22.4 Å². The molecule has 1 aromatic heterocycles. The van der Waals surface area contributed by atoms with E-state index in [1.807, 2.05) is 0 Å². The Balaban J connectivity index is 2.42. The minimum atomic E-state index is -4.89. The first-order valence-corrected chi connectivity index (χ1v) is 11.5. The highest BCUT2D eigenvalue weighted by Crippen LogP contribution is 2.45. The van der Waals surface area contributed by atoms with Gasteiger partial charge in [-0.15, -0.1) is 0 Å². The number of carboxylic acids is 1. The van der Waals surface area contributed by atoms with Gasteiger partial charge in [-0.2, -0.15) is 18.3 Å². The monoisotopic (exact) mass is 466 g/mol. The Morgan fingerprint density at radius 1 is 1.12 bits per heavy atom. The normalized spacial score (nSPS) is 13.2. The molecule has 1 unspecified atom stereocenters. The average molecular weight is 466 g/mol. The van der Waals surface area contributed by atoms with Gasteiger partial charge in [0.15, 0.2) is 15.5 Å². The lowest BCUT2D eigenvalue weighted by Gasteiger charge is -2.17. The highest BCUT2D eigenvalue weighted by Gasteiger charge is 2.43. The van der Waals surface area contributed by atoms with Crippen molar-refractivity contribution in [2.75, 3.05) is 6.26 Å². The molecule has 0 amide bonds. The molecule has 2 aromatic carbocycles. The molecule has 0 aliphatic rings. The summed E-state index contributed by atoms with van der Waals surface area (Å²) in [5, 5.41) is 13.7. The van der Waals surface area contributed by atoms with Gasteiger partial charge in [0.1, 0.15) is 11.7 Å². The number of benzene rings is 2. The Bertz CT molecular complexity index is 1260. The topological polar surface area (TPSA) is 89.3 Å². The van der Waals surface area contributed by atoms with Crippen molar-refractivity contribution in [1.29, 1.82) is 0 Å². The van der Waals surface area contributed by atoms with Crippen molar-refractivity contribution < 1.29 is 31.5 Å². The van der Waals surface area contributed by atoms with Crippen molar-refractivity contribution in [1.82, 2.24) is 9.78 Å². The fraction of sp³-hybridized carbons (Fsp3) is 0.273. The fourth-order valence-corrected chi connectivity index (χ4v) is 4.18. The Labute approximate surface area is 183 Å². The number of hydrogen-bond donors (Lipinski definition) is 1. The predicted octanol–water partition coefficient (Wildman–Crippen LogP) is 4.98. The first-order chi connectivity index (χ1) is 14.9. The standard InChI is InChI=1S/C22H21F3N2O4S/c1-4-17(21(28)29)27-20(22(23,24)25)18(16-8-6-5-7-13(16)2)19(26-27)14-9-11-15(12-10-14)32(3,30)31/h5-12,17H,4H2,1-3H3,(H,28,29). The number of carboxylic acid groups (broad SMARTS) is 1. The minimum Gasteiger partial charge on any atom is -0.480 e. The second-order valence-electron chi connectivity index (χ2n) is 7.39. The molecule has 6 nitrogen and oxygen atoms in total. The van der Waals surface area contributed by atoms with Gasteiger partial charge in [-0.1, -0.05) is 43.3 Å². The van der Waals surface area contributed by atoms with E-state index in [9.17, 15) is 31.5 Å². The fourth-order valence-electron chi connectivity index (χ4n) is 3.55. The number of halogens is 3. The maximum atomic E-state index is 14.3. The van der Waals surface area contributed by atoms with Gasteiger partial charge in [0, 0.05) is 17.4 Å². The summed E-state index contributed by atoms with van der Waals surface area (Å²) in [4.78, 5) is 11.7. The highest BCUT2D eigenvalue weighted by atomic mass is 32.2. The summed E-state index contributed by atoms with van der Waals surface area (Å²) in [5.41, 5.74) is -0.444. The van der Waals surface area contributed by atoms with Crippen LogP contribution in [0.25, 0.3) is 22.4 Å². The van der Waals surface area contributed by atoms with Crippen molar-refractivity contribution in [3.63, 3.8) is 0 Å². The molecular weight excluding hydrogens is 445 g/mol. The van der Waals surface area contributed by atoms with Crippen molar-refractivity contribution >= 4 is 15.8 Å². The molecule has 10 heteroatoms. The van der Waals surface area contributed by atoms with Crippen LogP contribution in [0.2, 0.25) is 0 Å². The zero-order valence-electron chi connectivity index (χ0n) is 17.5. The van der Waals surface area contributed by atoms with E-state index in [-0.39, 0.29) is 33.7 Å². The Morgan fingerprint density at radius 3 is 2.19 bits per heavy atom. The third kappa shape index (κ3) is 4.40. The summed E-state index contributed by atoms with van der Waals surface area (Å²) in [6.07, 6.45) is -3.98. The van der Waals surface area contributed by atoms with Gasteiger partial charge in [-0.25, -0.2) is 17.9 Å². The second kappa shape index (κ2) is 8.42. The average Bonchev–Trinajstić information content (AvgIpc) is 3.08. The van der Waals surface area contributed by atoms with Crippen molar-refractivity contribution in [2.45, 2.75) is 37.4 Å². The highest BCUT2D eigenvalue weighted by molar-refractivity contribution is 7.90. The summed E-state index contributed by atoms with van der Waals surface area (Å²) in [6.45, 7) is 3.12. The lowest BCUT2D eigenvalue weighted by molar-refractivity contribution is -0.149. The zero-order valence-corrected chi connectivity index (χ0v) is 18.3. The molecule has 0 saturated heterocycles. The quantitative estimate of drug-likeness (QED) is 0.553. The summed E-state index contributed by atoms with van der Waals surface area (Å²) in [7, 11) is -3.51. The molecule has 0 bridgehead atoms. The van der Waals surface area contributed by atoms with Gasteiger partial charge < -0.3 is 5.11 Å². The van der Waals surface area contributed by atoms with Crippen LogP contribution < -0.4 is 0 Å². The smallest absolute Gasteiger partial charge is 0.433 e. The van der Waals surface area contributed by atoms with E-state index >= 15 is 0 Å². The summed E-state index contributed by atoms with van der Waals surface area (Å²) >= 11 is 0. The van der Waals surface area contributed by atoms with E-state index in [1.165, 1.54) is 37.3 Å². The third-order valence-corrected chi connectivity index (χ3v) is 6.24. The van der Waals surface area contributed by atoms with Crippen LogP contribution in [0, 0.1) is 6.92 Å². The van der Waals surface area contributed by atoms with Crippen LogP contribution in [0.4, 0.5) is 13.2 Å². The Hall–Kier alpha value is -3.14. The van der Waals surface area contributed by atoms with Crippen LogP contribution in [0.15, 0.2) is 53.4 Å². The molecular formula is C22H21F3N2O4S. The summed E-state index contributed by atoms with van der Waals surface area (Å²) < 4.78 is 67.0. The van der Waals surface area contributed by atoms with Gasteiger partial charge in [-0.05, 0) is 36.6 Å². The van der Waals surface area contributed by atoms with E-state index in [2.05, 4.69) is 5.10 Å². The lowest BCUT2D eigenvalue weighted by atomic mass is 9.95. The molecule has 0 aliphatic heterocycles. The molecule has 1 atom stereocenters. The van der Waals surface area contributed by atoms with Gasteiger partial charge in [0.05, 0.1) is 4.90 Å². The lowest BCUT2D eigenvalue weighted by Crippen LogP contribution is -2.25. The van der Waals surface area contributed by atoms with Crippen LogP contribution in [0.5, 0.6) is 0 Å². The first-order valence-electron chi connectivity index (χ1n) is 9.65. The van der Waals surface area contributed by atoms with E-state index < -0.39 is 33.7 Å². The van der Waals surface area contributed by atoms with Crippen LogP contribution in [-0.2, 0) is 20.8 Å². The van der Waals surface area contributed by atoms with Gasteiger partial charge in [-0.3, -0.25) is 0 Å². The molecule has 32 heavy (non-hydrogen) atoms. The number of aryl methyl sites for hydroxylation is 1. The van der Waals surface area contributed by atoms with Crippen LogP contribution in [-0.4, -0.2) is 35.5 Å². The number of nitrogens with zero attached hydrogens (tertiary/aromatic N) is 2. The largest absolute Gasteiger partial charge is 0.480 e. The third-order valence-electron chi connectivity index (χ3n) is 5.12. The zero-order chi connectivity index (χ0) is 23.8. The molecule has 1 heterocycles. The van der Waals surface area contributed by atoms with Crippen molar-refractivity contribution in [3.05, 3.63) is 59.8 Å². The number of rotatable bonds is 6. The summed E-state index contributed by atoms with van der Waals surface area (Å²) in [6, 6.07) is 10.2. The minimum absolute atomic E-state index is 0.00569. The maximum absolute atomic E-state index is 14.3. The molecule has 1 N–H and O–H groups in total. The van der Waals surface area contributed by atoms with E-state index in [0.29, 0.717) is 10.2 Å². The molecule has 3 rings (SSSR count). The molecule has 0 fully saturated rings. The second-order valence-corrected chi connectivity index (χ2v) is 9.40. The molecule has 0 spiro atoms. The first kappa shape index (κ1) is 23.5. The number of aromatic nitrogens is 2. The maximum Gasteiger partial charge on any atom is 0.433 e. The number of aliphatic carboxylic acids is 1. The molecule has 170 valence electrons. The summed E-state index contributed by atoms with van der Waals surface area (Å²) in [5.74, 6) is -1.43. The van der Waals surface area contributed by atoms with Gasteiger partial charge in [0.25, 0.3) is 0 Å². The number of sulfone groups is 1. The number of hydrogen-bond acceptors (Lipinski definition) is 4. The van der Waals surface area contributed by atoms with E-state index in [1.54, 1.807) is 25.1 Å². The molecule has 0 radical (unpaired) electrons. The Kier molecular flexibility index (Phi) is 6.19. The Morgan fingerprint density at radius 2 is 1.72 bits per heavy atom.